The quantitative estimate of drug-likeness (QED) is 0.175. The summed E-state index contributed by atoms with van der Waals surface area (Å²) < 4.78 is 13.6. The molecule has 9 heteroatoms. The molecule has 0 saturated carbocycles. The summed E-state index contributed by atoms with van der Waals surface area (Å²) in [6.45, 7) is 2.26. The molecule has 220 valence electrons. The number of fused-ring (bicyclic) bond motifs is 1. The lowest BCUT2D eigenvalue weighted by Gasteiger charge is -2.25. The van der Waals surface area contributed by atoms with Crippen molar-refractivity contribution in [3.05, 3.63) is 161 Å². The van der Waals surface area contributed by atoms with Crippen molar-refractivity contribution in [2.45, 2.75) is 19.6 Å². The van der Waals surface area contributed by atoms with Gasteiger partial charge in [-0.1, -0.05) is 113 Å². The number of hydrogen-bond donors (Lipinski definition) is 0. The lowest BCUT2D eigenvalue weighted by Crippen LogP contribution is -2.39. The van der Waals surface area contributed by atoms with Crippen LogP contribution in [0.25, 0.3) is 11.8 Å². The molecule has 0 radical (unpaired) electrons. The highest BCUT2D eigenvalue weighted by atomic mass is 35.5. The Bertz CT molecular complexity index is 2050. The van der Waals surface area contributed by atoms with Crippen molar-refractivity contribution in [1.82, 2.24) is 4.57 Å². The number of thiazole rings is 1. The van der Waals surface area contributed by atoms with E-state index in [2.05, 4.69) is 0 Å². The number of benzene rings is 4. The summed E-state index contributed by atoms with van der Waals surface area (Å²) in [6, 6.07) is 31.1. The third kappa shape index (κ3) is 6.13. The van der Waals surface area contributed by atoms with E-state index in [0.29, 0.717) is 43.0 Å². The lowest BCUT2D eigenvalue weighted by atomic mass is 9.93. The number of hydrogen-bond acceptors (Lipinski definition) is 6. The van der Waals surface area contributed by atoms with Crippen molar-refractivity contribution < 1.29 is 14.3 Å². The van der Waals surface area contributed by atoms with E-state index in [4.69, 9.17) is 37.7 Å². The molecule has 0 unspecified atom stereocenters. The molecule has 44 heavy (non-hydrogen) atoms. The summed E-state index contributed by atoms with van der Waals surface area (Å²) in [6.07, 6.45) is 1.81. The molecule has 0 N–H and O–H groups in total. The van der Waals surface area contributed by atoms with Crippen LogP contribution in [0.15, 0.2) is 118 Å². The Morgan fingerprint density at radius 2 is 1.68 bits per heavy atom. The van der Waals surface area contributed by atoms with Gasteiger partial charge in [-0.2, -0.15) is 0 Å². The van der Waals surface area contributed by atoms with Crippen LogP contribution in [0, 0.1) is 0 Å². The molecule has 1 aromatic heterocycles. The van der Waals surface area contributed by atoms with Crippen LogP contribution in [0.1, 0.15) is 35.2 Å². The summed E-state index contributed by atoms with van der Waals surface area (Å²) in [7, 11) is 0. The Morgan fingerprint density at radius 1 is 0.932 bits per heavy atom. The van der Waals surface area contributed by atoms with E-state index in [0.717, 1.165) is 22.3 Å². The molecule has 5 aromatic rings. The van der Waals surface area contributed by atoms with Gasteiger partial charge in [-0.25, -0.2) is 9.79 Å². The Kier molecular flexibility index (Phi) is 8.79. The van der Waals surface area contributed by atoms with Crippen LogP contribution in [-0.4, -0.2) is 17.1 Å². The van der Waals surface area contributed by atoms with E-state index in [1.807, 2.05) is 97.1 Å². The lowest BCUT2D eigenvalue weighted by molar-refractivity contribution is -0.138. The monoisotopic (exact) mass is 640 g/mol. The van der Waals surface area contributed by atoms with Gasteiger partial charge in [-0.3, -0.25) is 9.36 Å². The highest BCUT2D eigenvalue weighted by Gasteiger charge is 2.35. The molecule has 1 atom stereocenters. The fraction of sp³-hybridized carbons (Fsp3) is 0.114. The summed E-state index contributed by atoms with van der Waals surface area (Å²) in [5.41, 5.74) is 3.77. The molecule has 0 aliphatic carbocycles. The molecular weight excluding hydrogens is 615 g/mol. The Hall–Kier alpha value is -4.43. The van der Waals surface area contributed by atoms with Crippen LogP contribution in [0.4, 0.5) is 0 Å². The molecule has 6 rings (SSSR count). The fourth-order valence-electron chi connectivity index (χ4n) is 5.03. The minimum atomic E-state index is -0.718. The van der Waals surface area contributed by atoms with Crippen LogP contribution in [0.2, 0.25) is 10.0 Å². The highest BCUT2D eigenvalue weighted by Crippen LogP contribution is 2.35. The zero-order valence-electron chi connectivity index (χ0n) is 23.6. The molecule has 0 amide bonds. The molecule has 1 aliphatic rings. The average molecular weight is 642 g/mol. The van der Waals surface area contributed by atoms with Crippen molar-refractivity contribution in [2.75, 3.05) is 6.61 Å². The summed E-state index contributed by atoms with van der Waals surface area (Å²) in [4.78, 5) is 33.0. The number of ether oxygens (including phenoxy) is 2. The standard InChI is InChI=1S/C35H26Cl2N2O4S/c1-2-42-34(41)30-31(24-11-5-3-6-12-24)38-35-39(32(30)25-13-7-4-8-14-25)33(40)29(44-35)20-22-10-9-15-26(18-22)43-21-23-16-17-27(36)28(37)19-23/h3-20,32H,2,21H2,1H3/b29-20+/t32-/m0/s1. The molecule has 4 aromatic carbocycles. The third-order valence-corrected chi connectivity index (χ3v) is 8.76. The van der Waals surface area contributed by atoms with Gasteiger partial charge in [0.25, 0.3) is 5.56 Å². The number of esters is 1. The van der Waals surface area contributed by atoms with Crippen molar-refractivity contribution in [1.29, 1.82) is 0 Å². The average Bonchev–Trinajstić information content (AvgIpc) is 3.36. The van der Waals surface area contributed by atoms with Crippen molar-refractivity contribution in [3.8, 4) is 5.75 Å². The first-order chi connectivity index (χ1) is 21.4. The van der Waals surface area contributed by atoms with Crippen molar-refractivity contribution in [2.24, 2.45) is 4.99 Å². The van der Waals surface area contributed by atoms with Gasteiger partial charge in [0, 0.05) is 5.56 Å². The van der Waals surface area contributed by atoms with Gasteiger partial charge in [0.05, 0.1) is 38.5 Å². The number of aromatic nitrogens is 1. The first-order valence-corrected chi connectivity index (χ1v) is 15.5. The second kappa shape index (κ2) is 13.1. The maximum Gasteiger partial charge on any atom is 0.338 e. The number of rotatable bonds is 8. The van der Waals surface area contributed by atoms with Gasteiger partial charge in [-0.05, 0) is 54.0 Å². The number of halogens is 2. The summed E-state index contributed by atoms with van der Waals surface area (Å²) >= 11 is 13.4. The van der Waals surface area contributed by atoms with E-state index in [1.165, 1.54) is 11.3 Å². The zero-order valence-corrected chi connectivity index (χ0v) is 25.9. The molecule has 0 bridgehead atoms. The van der Waals surface area contributed by atoms with Gasteiger partial charge >= 0.3 is 5.97 Å². The summed E-state index contributed by atoms with van der Waals surface area (Å²) in [5.74, 6) is 0.126. The first kappa shape index (κ1) is 29.6. The van der Waals surface area contributed by atoms with E-state index < -0.39 is 12.0 Å². The van der Waals surface area contributed by atoms with Gasteiger partial charge in [0.2, 0.25) is 0 Å². The predicted molar refractivity (Wildman–Crippen MR) is 175 cm³/mol. The van der Waals surface area contributed by atoms with Crippen LogP contribution in [0.3, 0.4) is 0 Å². The third-order valence-electron chi connectivity index (χ3n) is 7.03. The van der Waals surface area contributed by atoms with E-state index in [-0.39, 0.29) is 12.2 Å². The molecule has 1 aliphatic heterocycles. The Labute approximate surface area is 267 Å². The molecule has 0 fully saturated rings. The predicted octanol–water partition coefficient (Wildman–Crippen LogP) is 6.82. The minimum Gasteiger partial charge on any atom is -0.489 e. The fourth-order valence-corrected chi connectivity index (χ4v) is 6.35. The minimum absolute atomic E-state index is 0.194. The zero-order chi connectivity index (χ0) is 30.6. The first-order valence-electron chi connectivity index (χ1n) is 13.9. The number of carbonyl (C=O) groups excluding carboxylic acids is 1. The Morgan fingerprint density at radius 3 is 2.41 bits per heavy atom. The molecule has 2 heterocycles. The van der Waals surface area contributed by atoms with Crippen LogP contribution < -0.4 is 19.6 Å². The maximum atomic E-state index is 14.1. The van der Waals surface area contributed by atoms with Gasteiger partial charge in [-0.15, -0.1) is 0 Å². The molecule has 6 nitrogen and oxygen atoms in total. The van der Waals surface area contributed by atoms with E-state index >= 15 is 0 Å². The normalized spacial score (nSPS) is 14.6. The van der Waals surface area contributed by atoms with Crippen LogP contribution >= 0.6 is 34.5 Å². The van der Waals surface area contributed by atoms with E-state index in [1.54, 1.807) is 23.6 Å². The molecule has 0 spiro atoms. The highest BCUT2D eigenvalue weighted by molar-refractivity contribution is 7.07. The van der Waals surface area contributed by atoms with Crippen molar-refractivity contribution in [3.63, 3.8) is 0 Å². The topological polar surface area (TPSA) is 69.9 Å². The SMILES string of the molecule is CCOC(=O)C1=C(c2ccccc2)N=c2s/c(=C/c3cccc(OCc4ccc(Cl)c(Cl)c4)c3)c(=O)n2[C@H]1c1ccccc1. The van der Waals surface area contributed by atoms with E-state index in [9.17, 15) is 9.59 Å². The number of nitrogens with zero attached hydrogens (tertiary/aromatic N) is 2. The summed E-state index contributed by atoms with van der Waals surface area (Å²) in [5, 5.41) is 0.950. The van der Waals surface area contributed by atoms with Gasteiger partial charge in [0.15, 0.2) is 4.80 Å². The second-order valence-electron chi connectivity index (χ2n) is 9.95. The van der Waals surface area contributed by atoms with Crippen LogP contribution in [0.5, 0.6) is 5.75 Å². The van der Waals surface area contributed by atoms with Crippen molar-refractivity contribution >= 4 is 52.3 Å². The van der Waals surface area contributed by atoms with Gasteiger partial charge < -0.3 is 9.47 Å². The second-order valence-corrected chi connectivity index (χ2v) is 11.8. The van der Waals surface area contributed by atoms with Crippen LogP contribution in [-0.2, 0) is 16.1 Å². The molecular formula is C35H26Cl2N2O4S. The number of carbonyl (C=O) groups is 1. The maximum absolute atomic E-state index is 14.1. The smallest absolute Gasteiger partial charge is 0.338 e. The Balaban J connectivity index is 1.45. The molecule has 0 saturated heterocycles. The van der Waals surface area contributed by atoms with Gasteiger partial charge in [0.1, 0.15) is 12.4 Å². The largest absolute Gasteiger partial charge is 0.489 e.